The average Bonchev–Trinajstić information content (AvgIpc) is 2.98. The van der Waals surface area contributed by atoms with E-state index in [0.29, 0.717) is 17.0 Å². The minimum Gasteiger partial charge on any atom is -0.453 e. The number of carbonyl (C=O) groups is 1. The molecule has 1 atom stereocenters. The molecule has 0 aliphatic carbocycles. The Morgan fingerprint density at radius 2 is 2.20 bits per heavy atom. The van der Waals surface area contributed by atoms with Crippen molar-refractivity contribution in [3.05, 3.63) is 53.6 Å². The minimum atomic E-state index is -0.724. The van der Waals surface area contributed by atoms with Gasteiger partial charge in [-0.2, -0.15) is 0 Å². The normalized spacial score (nSPS) is 12.2. The second-order valence-corrected chi connectivity index (χ2v) is 5.80. The molecule has 1 unspecified atom stereocenters. The number of ether oxygens (including phenoxy) is 1. The van der Waals surface area contributed by atoms with Gasteiger partial charge in [-0.3, -0.25) is 4.79 Å². The molecule has 0 aliphatic rings. The van der Waals surface area contributed by atoms with E-state index in [2.05, 4.69) is 15.3 Å². The summed E-state index contributed by atoms with van der Waals surface area (Å²) < 4.78 is 20.2. The maximum Gasteiger partial charge on any atom is 0.237 e. The van der Waals surface area contributed by atoms with E-state index in [1.54, 1.807) is 18.3 Å². The van der Waals surface area contributed by atoms with Crippen molar-refractivity contribution in [1.82, 2.24) is 15.3 Å². The van der Waals surface area contributed by atoms with Crippen LogP contribution in [-0.2, 0) is 11.2 Å². The van der Waals surface area contributed by atoms with Crippen molar-refractivity contribution in [3.8, 4) is 11.5 Å². The van der Waals surface area contributed by atoms with Gasteiger partial charge in [-0.25, -0.2) is 9.37 Å². The number of rotatable bonds is 5. The number of carbonyl (C=O) groups excluding carboxylic acids is 1. The van der Waals surface area contributed by atoms with Crippen LogP contribution < -0.4 is 15.8 Å². The summed E-state index contributed by atoms with van der Waals surface area (Å²) in [4.78, 5) is 18.7. The molecule has 3 aromatic rings. The van der Waals surface area contributed by atoms with Crippen molar-refractivity contribution in [3.63, 3.8) is 0 Å². The molecule has 4 N–H and O–H groups in total. The van der Waals surface area contributed by atoms with Crippen LogP contribution in [-0.4, -0.2) is 29.0 Å². The van der Waals surface area contributed by atoms with E-state index in [1.165, 1.54) is 19.2 Å². The second kappa shape index (κ2) is 6.90. The van der Waals surface area contributed by atoms with Gasteiger partial charge in [0.05, 0.1) is 11.4 Å². The Balaban J connectivity index is 1.84. The Bertz CT molecular complexity index is 923. The quantitative estimate of drug-likeness (QED) is 0.664. The number of halogens is 1. The summed E-state index contributed by atoms with van der Waals surface area (Å²) in [6.07, 6.45) is 3.67. The summed E-state index contributed by atoms with van der Waals surface area (Å²) in [6.45, 7) is 1.92. The molecular formula is C18H19FN4O2. The number of hydrogen-bond acceptors (Lipinski definition) is 4. The zero-order valence-electron chi connectivity index (χ0n) is 14.0. The lowest BCUT2D eigenvalue weighted by Crippen LogP contribution is -2.40. The molecule has 2 aromatic heterocycles. The molecule has 7 heteroatoms. The molecule has 1 aromatic carbocycles. The molecule has 0 bridgehead atoms. The van der Waals surface area contributed by atoms with Crippen LogP contribution in [0.5, 0.6) is 11.5 Å². The van der Waals surface area contributed by atoms with Gasteiger partial charge in [0.25, 0.3) is 0 Å². The van der Waals surface area contributed by atoms with Crippen LogP contribution in [0.15, 0.2) is 36.7 Å². The number of fused-ring (bicyclic) bond motifs is 1. The topological polar surface area (TPSA) is 93.0 Å². The Kier molecular flexibility index (Phi) is 4.67. The zero-order valence-corrected chi connectivity index (χ0v) is 14.0. The van der Waals surface area contributed by atoms with Crippen LogP contribution >= 0.6 is 0 Å². The molecule has 3 rings (SSSR count). The summed E-state index contributed by atoms with van der Waals surface area (Å²) in [6, 6.07) is 5.54. The van der Waals surface area contributed by atoms with Crippen LogP contribution in [0.3, 0.4) is 0 Å². The number of pyridine rings is 1. The fraction of sp³-hybridized carbons (Fsp3) is 0.222. The lowest BCUT2D eigenvalue weighted by Gasteiger charge is -2.12. The SMILES string of the molecule is CNC(=O)C(N)Cc1ccc(Oc2ccnc3[nH]cc(C)c23)c(F)c1. The number of aromatic nitrogens is 2. The van der Waals surface area contributed by atoms with Gasteiger partial charge in [-0.1, -0.05) is 6.07 Å². The van der Waals surface area contributed by atoms with Gasteiger partial charge in [0.1, 0.15) is 11.4 Å². The van der Waals surface area contributed by atoms with E-state index < -0.39 is 11.9 Å². The van der Waals surface area contributed by atoms with Gasteiger partial charge in [0.2, 0.25) is 5.91 Å². The number of nitrogens with two attached hydrogens (primary N) is 1. The first kappa shape index (κ1) is 16.9. The summed E-state index contributed by atoms with van der Waals surface area (Å²) in [5.74, 6) is -0.176. The molecule has 25 heavy (non-hydrogen) atoms. The molecule has 0 saturated heterocycles. The van der Waals surface area contributed by atoms with E-state index >= 15 is 0 Å². The lowest BCUT2D eigenvalue weighted by molar-refractivity contribution is -0.121. The molecule has 6 nitrogen and oxygen atoms in total. The molecule has 0 radical (unpaired) electrons. The summed E-state index contributed by atoms with van der Waals surface area (Å²) in [7, 11) is 1.51. The van der Waals surface area contributed by atoms with Crippen molar-refractivity contribution in [2.24, 2.45) is 5.73 Å². The van der Waals surface area contributed by atoms with Crippen LogP contribution in [0.4, 0.5) is 4.39 Å². The highest BCUT2D eigenvalue weighted by molar-refractivity contribution is 5.86. The van der Waals surface area contributed by atoms with E-state index in [0.717, 1.165) is 10.9 Å². The maximum atomic E-state index is 14.4. The number of nitrogens with one attached hydrogen (secondary N) is 2. The van der Waals surface area contributed by atoms with Crippen molar-refractivity contribution < 1.29 is 13.9 Å². The van der Waals surface area contributed by atoms with Crippen LogP contribution in [0.2, 0.25) is 0 Å². The fourth-order valence-electron chi connectivity index (χ4n) is 2.67. The Morgan fingerprint density at radius 1 is 1.40 bits per heavy atom. The molecule has 1 amide bonds. The summed E-state index contributed by atoms with van der Waals surface area (Å²) in [5, 5.41) is 3.28. The van der Waals surface area contributed by atoms with Crippen molar-refractivity contribution in [2.75, 3.05) is 7.05 Å². The highest BCUT2D eigenvalue weighted by Crippen LogP contribution is 2.32. The van der Waals surface area contributed by atoms with E-state index in [1.807, 2.05) is 13.1 Å². The third-order valence-electron chi connectivity index (χ3n) is 3.99. The molecule has 130 valence electrons. The van der Waals surface area contributed by atoms with Crippen LogP contribution in [0.25, 0.3) is 11.0 Å². The van der Waals surface area contributed by atoms with Gasteiger partial charge in [0.15, 0.2) is 11.6 Å². The lowest BCUT2D eigenvalue weighted by atomic mass is 10.1. The minimum absolute atomic E-state index is 0.102. The number of benzene rings is 1. The van der Waals surface area contributed by atoms with E-state index in [4.69, 9.17) is 10.5 Å². The smallest absolute Gasteiger partial charge is 0.237 e. The Labute approximate surface area is 144 Å². The largest absolute Gasteiger partial charge is 0.453 e. The zero-order chi connectivity index (χ0) is 18.0. The molecular weight excluding hydrogens is 323 g/mol. The number of aromatic amines is 1. The number of H-pyrrole nitrogens is 1. The van der Waals surface area contributed by atoms with E-state index in [-0.39, 0.29) is 18.1 Å². The van der Waals surface area contributed by atoms with Gasteiger partial charge in [0, 0.05) is 19.4 Å². The van der Waals surface area contributed by atoms with Crippen molar-refractivity contribution >= 4 is 16.9 Å². The van der Waals surface area contributed by atoms with Gasteiger partial charge < -0.3 is 20.8 Å². The first-order chi connectivity index (χ1) is 12.0. The number of likely N-dealkylation sites (N-methyl/N-ethyl adjacent to an activating group) is 1. The van der Waals surface area contributed by atoms with Crippen molar-refractivity contribution in [2.45, 2.75) is 19.4 Å². The molecule has 0 saturated carbocycles. The Hall–Kier alpha value is -2.93. The molecule has 0 aliphatic heterocycles. The summed E-state index contributed by atoms with van der Waals surface area (Å²) >= 11 is 0. The van der Waals surface area contributed by atoms with E-state index in [9.17, 15) is 9.18 Å². The molecule has 2 heterocycles. The predicted octanol–water partition coefficient (Wildman–Crippen LogP) is 2.42. The first-order valence-electron chi connectivity index (χ1n) is 7.85. The predicted molar refractivity (Wildman–Crippen MR) is 93.1 cm³/mol. The fourth-order valence-corrected chi connectivity index (χ4v) is 2.67. The van der Waals surface area contributed by atoms with Gasteiger partial charge in [-0.05, 0) is 42.7 Å². The highest BCUT2D eigenvalue weighted by atomic mass is 19.1. The monoisotopic (exact) mass is 342 g/mol. The highest BCUT2D eigenvalue weighted by Gasteiger charge is 2.15. The number of amides is 1. The third-order valence-corrected chi connectivity index (χ3v) is 3.99. The standard InChI is InChI=1S/C18H19FN4O2/c1-10-9-23-17-16(10)15(5-6-22-17)25-14-4-3-11(7-12(14)19)8-13(20)18(24)21-2/h3-7,9,13H,8,20H2,1-2H3,(H,21,24)(H,22,23). The number of hydrogen-bond donors (Lipinski definition) is 3. The van der Waals surface area contributed by atoms with Crippen LogP contribution in [0, 0.1) is 12.7 Å². The maximum absolute atomic E-state index is 14.4. The molecule has 0 fully saturated rings. The second-order valence-electron chi connectivity index (χ2n) is 5.80. The summed E-state index contributed by atoms with van der Waals surface area (Å²) in [5.41, 5.74) is 8.03. The average molecular weight is 342 g/mol. The van der Waals surface area contributed by atoms with Crippen LogP contribution in [0.1, 0.15) is 11.1 Å². The van der Waals surface area contributed by atoms with Crippen molar-refractivity contribution in [1.29, 1.82) is 0 Å². The first-order valence-corrected chi connectivity index (χ1v) is 7.85. The molecule has 0 spiro atoms. The van der Waals surface area contributed by atoms with Gasteiger partial charge in [-0.15, -0.1) is 0 Å². The third kappa shape index (κ3) is 3.46. The number of nitrogens with zero attached hydrogens (tertiary/aromatic N) is 1. The van der Waals surface area contributed by atoms with Gasteiger partial charge >= 0.3 is 0 Å². The number of aryl methyl sites for hydroxylation is 1. The Morgan fingerprint density at radius 3 is 2.92 bits per heavy atom.